The average molecular weight is 927 g/mol. The molecule has 0 aliphatic heterocycles. The molecule has 386 valence electrons. The van der Waals surface area contributed by atoms with E-state index in [1.54, 1.807) is 0 Å². The van der Waals surface area contributed by atoms with Crippen LogP contribution in [-0.4, -0.2) is 46.9 Å². The summed E-state index contributed by atoms with van der Waals surface area (Å²) in [4.78, 5) is 26.3. The van der Waals surface area contributed by atoms with Crippen LogP contribution in [0.2, 0.25) is 0 Å². The molecule has 0 aromatic heterocycles. The number of ether oxygens (including phenoxy) is 1. The van der Waals surface area contributed by atoms with Crippen molar-refractivity contribution in [2.45, 2.75) is 315 Å². The summed E-state index contributed by atoms with van der Waals surface area (Å²) in [6, 6.07) is -0.716. The molecule has 0 rings (SSSR count). The molecule has 3 unspecified atom stereocenters. The maximum Gasteiger partial charge on any atom is 0.306 e. The van der Waals surface area contributed by atoms with E-state index in [1.807, 2.05) is 0 Å². The summed E-state index contributed by atoms with van der Waals surface area (Å²) in [6.07, 6.45) is 66.0. The molecule has 0 radical (unpaired) electrons. The van der Waals surface area contributed by atoms with Gasteiger partial charge in [0.1, 0.15) is 6.10 Å². The number of aliphatic hydroxyl groups is 2. The first-order valence-electron chi connectivity index (χ1n) is 28.9. The highest BCUT2D eigenvalue weighted by Gasteiger charge is 2.24. The lowest BCUT2D eigenvalue weighted by molar-refractivity contribution is -0.151. The fourth-order valence-corrected chi connectivity index (χ4v) is 8.73. The van der Waals surface area contributed by atoms with Gasteiger partial charge < -0.3 is 20.3 Å². The van der Waals surface area contributed by atoms with Gasteiger partial charge in [-0.15, -0.1) is 0 Å². The topological polar surface area (TPSA) is 95.9 Å². The molecule has 0 heterocycles. The molecule has 0 saturated carbocycles. The Morgan fingerprint density at radius 1 is 0.439 bits per heavy atom. The summed E-state index contributed by atoms with van der Waals surface area (Å²) in [5.74, 6) is -0.511. The van der Waals surface area contributed by atoms with Crippen molar-refractivity contribution in [1.82, 2.24) is 5.32 Å². The van der Waals surface area contributed by atoms with Gasteiger partial charge in [0.2, 0.25) is 5.91 Å². The number of rotatable bonds is 52. The SMILES string of the molecule is CCCCC/C=C\C/C=C\C/C=C\CCCCC(CC(=O)NC(CO)C(O)CCCCCCCCCCCCCCCCCC)OC(=O)CCCCCCC/C=C/CCCCCCCCC. The molecule has 3 atom stereocenters. The molecule has 0 spiro atoms. The summed E-state index contributed by atoms with van der Waals surface area (Å²) in [5.41, 5.74) is 0. The van der Waals surface area contributed by atoms with E-state index >= 15 is 0 Å². The number of nitrogens with one attached hydrogen (secondary N) is 1. The fourth-order valence-electron chi connectivity index (χ4n) is 8.73. The summed E-state index contributed by atoms with van der Waals surface area (Å²) in [7, 11) is 0. The second-order valence-corrected chi connectivity index (χ2v) is 19.7. The predicted octanol–water partition coefficient (Wildman–Crippen LogP) is 17.8. The molecule has 0 aliphatic carbocycles. The molecule has 0 fully saturated rings. The molecule has 0 aromatic carbocycles. The summed E-state index contributed by atoms with van der Waals surface area (Å²) >= 11 is 0. The first-order chi connectivity index (χ1) is 32.5. The minimum Gasteiger partial charge on any atom is -0.462 e. The summed E-state index contributed by atoms with van der Waals surface area (Å²) < 4.78 is 5.94. The van der Waals surface area contributed by atoms with Crippen LogP contribution in [0.25, 0.3) is 0 Å². The third-order valence-corrected chi connectivity index (χ3v) is 13.1. The van der Waals surface area contributed by atoms with E-state index in [9.17, 15) is 19.8 Å². The van der Waals surface area contributed by atoms with Crippen molar-refractivity contribution in [3.8, 4) is 0 Å². The number of unbranched alkanes of at least 4 members (excludes halogenated alkanes) is 32. The number of carbonyl (C=O) groups is 2. The zero-order chi connectivity index (χ0) is 48.1. The number of hydrogen-bond donors (Lipinski definition) is 3. The number of aliphatic hydroxyl groups excluding tert-OH is 2. The van der Waals surface area contributed by atoms with Gasteiger partial charge in [-0.2, -0.15) is 0 Å². The number of allylic oxidation sites excluding steroid dienone is 8. The highest BCUT2D eigenvalue weighted by Crippen LogP contribution is 2.18. The quantitative estimate of drug-likeness (QED) is 0.0321. The third kappa shape index (κ3) is 48.3. The second-order valence-electron chi connectivity index (χ2n) is 19.7. The molecular weight excluding hydrogens is 815 g/mol. The first-order valence-corrected chi connectivity index (χ1v) is 28.9. The summed E-state index contributed by atoms with van der Waals surface area (Å²) in [6.45, 7) is 6.47. The zero-order valence-electron chi connectivity index (χ0n) is 44.1. The van der Waals surface area contributed by atoms with Crippen molar-refractivity contribution in [3.63, 3.8) is 0 Å². The van der Waals surface area contributed by atoms with E-state index in [4.69, 9.17) is 4.74 Å². The normalized spacial score (nSPS) is 13.5. The van der Waals surface area contributed by atoms with Gasteiger partial charge in [-0.25, -0.2) is 0 Å². The Morgan fingerprint density at radius 3 is 1.23 bits per heavy atom. The van der Waals surface area contributed by atoms with Crippen LogP contribution < -0.4 is 5.32 Å². The largest absolute Gasteiger partial charge is 0.462 e. The van der Waals surface area contributed by atoms with Crippen LogP contribution in [-0.2, 0) is 14.3 Å². The smallest absolute Gasteiger partial charge is 0.306 e. The Labute approximate surface area is 410 Å². The van der Waals surface area contributed by atoms with E-state index in [2.05, 4.69) is 74.7 Å². The van der Waals surface area contributed by atoms with Gasteiger partial charge in [0, 0.05) is 6.42 Å². The molecule has 0 aromatic rings. The van der Waals surface area contributed by atoms with Gasteiger partial charge in [0.05, 0.1) is 25.2 Å². The average Bonchev–Trinajstić information content (AvgIpc) is 3.31. The molecule has 6 heteroatoms. The fraction of sp³-hybridized carbons (Fsp3) is 0.833. The highest BCUT2D eigenvalue weighted by atomic mass is 16.5. The Balaban J connectivity index is 4.60. The number of hydrogen-bond acceptors (Lipinski definition) is 5. The van der Waals surface area contributed by atoms with Crippen LogP contribution in [0.4, 0.5) is 0 Å². The molecule has 6 nitrogen and oxygen atoms in total. The minimum absolute atomic E-state index is 0.0498. The monoisotopic (exact) mass is 926 g/mol. The molecule has 3 N–H and O–H groups in total. The lowest BCUT2D eigenvalue weighted by Crippen LogP contribution is -2.46. The third-order valence-electron chi connectivity index (χ3n) is 13.1. The van der Waals surface area contributed by atoms with Crippen molar-refractivity contribution in [2.75, 3.05) is 6.61 Å². The van der Waals surface area contributed by atoms with Crippen molar-refractivity contribution in [3.05, 3.63) is 48.6 Å². The maximum atomic E-state index is 13.3. The maximum absolute atomic E-state index is 13.3. The van der Waals surface area contributed by atoms with Crippen LogP contribution in [0.1, 0.15) is 297 Å². The standard InChI is InChI=1S/C60H111NO5/c1-4-7-10-13-16-19-22-25-28-31-34-37-40-43-46-49-52-58(63)57(55-62)61-59(64)54-56(51-48-45-42-39-36-33-30-27-24-21-18-15-12-9-6-3)66-60(65)53-50-47-44-41-38-35-32-29-26-23-20-17-14-11-8-5-2/h18,21,27,29-30,32,36,39,56-58,62-63H,4-17,19-20,22-26,28,31,33-35,37-38,40-55H2,1-3H3,(H,61,64)/b21-18-,30-27-,32-29+,39-36-. The van der Waals surface area contributed by atoms with Crippen molar-refractivity contribution < 1.29 is 24.5 Å². The highest BCUT2D eigenvalue weighted by molar-refractivity contribution is 5.77. The Hall–Kier alpha value is -2.18. The molecule has 1 amide bonds. The number of esters is 1. The minimum atomic E-state index is -0.800. The van der Waals surface area contributed by atoms with Crippen LogP contribution in [0.5, 0.6) is 0 Å². The van der Waals surface area contributed by atoms with Crippen molar-refractivity contribution in [1.29, 1.82) is 0 Å². The van der Waals surface area contributed by atoms with Crippen LogP contribution in [0.15, 0.2) is 48.6 Å². The van der Waals surface area contributed by atoms with E-state index in [1.165, 1.54) is 173 Å². The Bertz CT molecular complexity index is 1130. The van der Waals surface area contributed by atoms with E-state index in [0.29, 0.717) is 19.3 Å². The number of carbonyl (C=O) groups excluding carboxylic acids is 2. The molecule has 0 saturated heterocycles. The van der Waals surface area contributed by atoms with E-state index in [0.717, 1.165) is 77.0 Å². The predicted molar refractivity (Wildman–Crippen MR) is 287 cm³/mol. The van der Waals surface area contributed by atoms with E-state index in [-0.39, 0.29) is 24.9 Å². The molecule has 0 aliphatic rings. The zero-order valence-corrected chi connectivity index (χ0v) is 44.1. The lowest BCUT2D eigenvalue weighted by atomic mass is 10.0. The molecule has 66 heavy (non-hydrogen) atoms. The molecular formula is C60H111NO5. The van der Waals surface area contributed by atoms with Gasteiger partial charge >= 0.3 is 5.97 Å². The van der Waals surface area contributed by atoms with Crippen molar-refractivity contribution >= 4 is 11.9 Å². The van der Waals surface area contributed by atoms with Crippen LogP contribution >= 0.6 is 0 Å². The lowest BCUT2D eigenvalue weighted by Gasteiger charge is -2.24. The summed E-state index contributed by atoms with van der Waals surface area (Å²) in [5, 5.41) is 23.9. The van der Waals surface area contributed by atoms with Crippen LogP contribution in [0, 0.1) is 0 Å². The Kier molecular flexibility index (Phi) is 52.0. The van der Waals surface area contributed by atoms with Crippen LogP contribution in [0.3, 0.4) is 0 Å². The first kappa shape index (κ1) is 63.8. The van der Waals surface area contributed by atoms with Crippen molar-refractivity contribution in [2.24, 2.45) is 0 Å². The van der Waals surface area contributed by atoms with E-state index < -0.39 is 18.2 Å². The Morgan fingerprint density at radius 2 is 0.773 bits per heavy atom. The van der Waals surface area contributed by atoms with Gasteiger partial charge in [-0.05, 0) is 89.9 Å². The van der Waals surface area contributed by atoms with Gasteiger partial charge in [-0.3, -0.25) is 9.59 Å². The second kappa shape index (κ2) is 53.8. The molecule has 0 bridgehead atoms. The van der Waals surface area contributed by atoms with Gasteiger partial charge in [-0.1, -0.05) is 243 Å². The number of amides is 1. The van der Waals surface area contributed by atoms with Gasteiger partial charge in [0.25, 0.3) is 0 Å². The van der Waals surface area contributed by atoms with Gasteiger partial charge in [0.15, 0.2) is 0 Å².